The maximum absolute atomic E-state index is 11.4. The second-order valence-corrected chi connectivity index (χ2v) is 4.64. The lowest BCUT2D eigenvalue weighted by Gasteiger charge is -2.12. The van der Waals surface area contributed by atoms with Gasteiger partial charge in [-0.1, -0.05) is 29.3 Å². The third-order valence-electron chi connectivity index (χ3n) is 2.86. The molecule has 0 saturated carbocycles. The number of hydrogen-bond donors (Lipinski definition) is 1. The predicted octanol–water partition coefficient (Wildman–Crippen LogP) is 4.02. The molecule has 0 saturated heterocycles. The molecular formula is C15H13ClO3. The summed E-state index contributed by atoms with van der Waals surface area (Å²) in [4.78, 5) is 11.4. The lowest BCUT2D eigenvalue weighted by atomic mass is 9.97. The van der Waals surface area contributed by atoms with Gasteiger partial charge in [0.15, 0.2) is 0 Å². The number of aromatic carboxylic acids is 1. The number of carboxylic acid groups (broad SMARTS) is 1. The zero-order chi connectivity index (χ0) is 14.0. The van der Waals surface area contributed by atoms with Gasteiger partial charge in [-0.25, -0.2) is 4.79 Å². The van der Waals surface area contributed by atoms with Crippen molar-refractivity contribution in [3.63, 3.8) is 0 Å². The molecule has 0 fully saturated rings. The summed E-state index contributed by atoms with van der Waals surface area (Å²) in [5.41, 5.74) is 2.40. The topological polar surface area (TPSA) is 46.5 Å². The van der Waals surface area contributed by atoms with Gasteiger partial charge in [-0.05, 0) is 36.8 Å². The highest BCUT2D eigenvalue weighted by Crippen LogP contribution is 2.34. The quantitative estimate of drug-likeness (QED) is 0.921. The van der Waals surface area contributed by atoms with Gasteiger partial charge in [-0.15, -0.1) is 0 Å². The molecule has 0 aromatic heterocycles. The van der Waals surface area contributed by atoms with Crippen LogP contribution in [0.15, 0.2) is 36.4 Å². The van der Waals surface area contributed by atoms with Crippen molar-refractivity contribution < 1.29 is 14.6 Å². The molecule has 0 aliphatic rings. The fourth-order valence-electron chi connectivity index (χ4n) is 1.96. The fourth-order valence-corrected chi connectivity index (χ4v) is 2.13. The monoisotopic (exact) mass is 276 g/mol. The van der Waals surface area contributed by atoms with Gasteiger partial charge in [0, 0.05) is 10.6 Å². The standard InChI is InChI=1S/C15H13ClO3/c1-9-3-5-11(13(7-9)15(17)18)12-8-10(16)4-6-14(12)19-2/h3-8H,1-2H3,(H,17,18). The number of halogens is 1. The third kappa shape index (κ3) is 2.71. The molecular weight excluding hydrogens is 264 g/mol. The van der Waals surface area contributed by atoms with Crippen LogP contribution in [-0.2, 0) is 0 Å². The van der Waals surface area contributed by atoms with Crippen LogP contribution in [0.2, 0.25) is 5.02 Å². The number of hydrogen-bond acceptors (Lipinski definition) is 2. The van der Waals surface area contributed by atoms with Crippen LogP contribution in [0.5, 0.6) is 5.75 Å². The van der Waals surface area contributed by atoms with Crippen LogP contribution in [0, 0.1) is 6.92 Å². The highest BCUT2D eigenvalue weighted by atomic mass is 35.5. The molecule has 0 unspecified atom stereocenters. The SMILES string of the molecule is COc1ccc(Cl)cc1-c1ccc(C)cc1C(=O)O. The molecule has 3 nitrogen and oxygen atoms in total. The number of carbonyl (C=O) groups is 1. The second kappa shape index (κ2) is 5.33. The highest BCUT2D eigenvalue weighted by molar-refractivity contribution is 6.31. The van der Waals surface area contributed by atoms with Crippen molar-refractivity contribution >= 4 is 17.6 Å². The van der Waals surface area contributed by atoms with Gasteiger partial charge in [0.1, 0.15) is 5.75 Å². The van der Waals surface area contributed by atoms with Crippen LogP contribution in [0.3, 0.4) is 0 Å². The van der Waals surface area contributed by atoms with Crippen LogP contribution in [-0.4, -0.2) is 18.2 Å². The molecule has 4 heteroatoms. The first-order valence-electron chi connectivity index (χ1n) is 5.71. The van der Waals surface area contributed by atoms with Crippen molar-refractivity contribution in [3.8, 4) is 16.9 Å². The smallest absolute Gasteiger partial charge is 0.336 e. The van der Waals surface area contributed by atoms with Gasteiger partial charge in [0.2, 0.25) is 0 Å². The number of aryl methyl sites for hydroxylation is 1. The molecule has 1 N–H and O–H groups in total. The molecule has 2 aromatic carbocycles. The van der Waals surface area contributed by atoms with Crippen molar-refractivity contribution in [2.75, 3.05) is 7.11 Å². The summed E-state index contributed by atoms with van der Waals surface area (Å²) in [6, 6.07) is 10.4. The molecule has 0 aliphatic heterocycles. The van der Waals surface area contributed by atoms with E-state index in [1.807, 2.05) is 13.0 Å². The summed E-state index contributed by atoms with van der Waals surface area (Å²) in [6.45, 7) is 1.85. The Balaban J connectivity index is 2.71. The molecule has 0 bridgehead atoms. The largest absolute Gasteiger partial charge is 0.496 e. The lowest BCUT2D eigenvalue weighted by molar-refractivity contribution is 0.0697. The Bertz CT molecular complexity index is 635. The summed E-state index contributed by atoms with van der Waals surface area (Å²) < 4.78 is 5.27. The Labute approximate surface area is 116 Å². The Morgan fingerprint density at radius 2 is 1.89 bits per heavy atom. The molecule has 0 atom stereocenters. The predicted molar refractivity (Wildman–Crippen MR) is 75.1 cm³/mol. The zero-order valence-corrected chi connectivity index (χ0v) is 11.4. The molecule has 0 heterocycles. The van der Waals surface area contributed by atoms with Crippen LogP contribution in [0.4, 0.5) is 0 Å². The Hall–Kier alpha value is -2.00. The summed E-state index contributed by atoms with van der Waals surface area (Å²) in [6.07, 6.45) is 0. The average Bonchev–Trinajstić information content (AvgIpc) is 2.38. The van der Waals surface area contributed by atoms with E-state index in [1.165, 1.54) is 0 Å². The van der Waals surface area contributed by atoms with Gasteiger partial charge in [-0.3, -0.25) is 0 Å². The highest BCUT2D eigenvalue weighted by Gasteiger charge is 2.15. The third-order valence-corrected chi connectivity index (χ3v) is 3.09. The van der Waals surface area contributed by atoms with Gasteiger partial charge < -0.3 is 9.84 Å². The number of methoxy groups -OCH3 is 1. The lowest BCUT2D eigenvalue weighted by Crippen LogP contribution is -2.01. The maximum atomic E-state index is 11.4. The molecule has 0 radical (unpaired) electrons. The molecule has 98 valence electrons. The summed E-state index contributed by atoms with van der Waals surface area (Å²) in [7, 11) is 1.54. The van der Waals surface area contributed by atoms with E-state index in [-0.39, 0.29) is 5.56 Å². The van der Waals surface area contributed by atoms with Crippen molar-refractivity contribution in [1.29, 1.82) is 0 Å². The summed E-state index contributed by atoms with van der Waals surface area (Å²) in [5, 5.41) is 9.85. The first kappa shape index (κ1) is 13.4. The van der Waals surface area contributed by atoms with Gasteiger partial charge in [-0.2, -0.15) is 0 Å². The van der Waals surface area contributed by atoms with Crippen molar-refractivity contribution in [1.82, 2.24) is 0 Å². The molecule has 2 aromatic rings. The molecule has 2 rings (SSSR count). The van der Waals surface area contributed by atoms with Crippen molar-refractivity contribution in [2.45, 2.75) is 6.92 Å². The van der Waals surface area contributed by atoms with E-state index >= 15 is 0 Å². The van der Waals surface area contributed by atoms with E-state index < -0.39 is 5.97 Å². The number of benzene rings is 2. The number of rotatable bonds is 3. The fraction of sp³-hybridized carbons (Fsp3) is 0.133. The van der Waals surface area contributed by atoms with Gasteiger partial charge in [0.25, 0.3) is 0 Å². The Morgan fingerprint density at radius 3 is 2.53 bits per heavy atom. The van der Waals surface area contributed by atoms with Crippen LogP contribution in [0.25, 0.3) is 11.1 Å². The zero-order valence-electron chi connectivity index (χ0n) is 10.6. The normalized spacial score (nSPS) is 10.3. The van der Waals surface area contributed by atoms with E-state index in [9.17, 15) is 9.90 Å². The molecule has 0 aliphatic carbocycles. The van der Waals surface area contributed by atoms with Gasteiger partial charge >= 0.3 is 5.97 Å². The second-order valence-electron chi connectivity index (χ2n) is 4.20. The Morgan fingerprint density at radius 1 is 1.16 bits per heavy atom. The minimum absolute atomic E-state index is 0.237. The molecule has 19 heavy (non-hydrogen) atoms. The van der Waals surface area contributed by atoms with Crippen molar-refractivity contribution in [2.24, 2.45) is 0 Å². The number of carboxylic acids is 1. The Kier molecular flexibility index (Phi) is 3.76. The van der Waals surface area contributed by atoms with E-state index in [0.29, 0.717) is 21.9 Å². The summed E-state index contributed by atoms with van der Waals surface area (Å²) >= 11 is 5.98. The van der Waals surface area contributed by atoms with Crippen LogP contribution in [0.1, 0.15) is 15.9 Å². The first-order chi connectivity index (χ1) is 9.02. The van der Waals surface area contributed by atoms with Crippen molar-refractivity contribution in [3.05, 3.63) is 52.5 Å². The van der Waals surface area contributed by atoms with E-state index in [4.69, 9.17) is 16.3 Å². The molecule has 0 amide bonds. The minimum Gasteiger partial charge on any atom is -0.496 e. The van der Waals surface area contributed by atoms with E-state index in [0.717, 1.165) is 5.56 Å². The average molecular weight is 277 g/mol. The first-order valence-corrected chi connectivity index (χ1v) is 6.08. The van der Waals surface area contributed by atoms with Crippen LogP contribution >= 0.6 is 11.6 Å². The number of ether oxygens (including phenoxy) is 1. The summed E-state index contributed by atoms with van der Waals surface area (Å²) in [5.74, 6) is -0.378. The van der Waals surface area contributed by atoms with Gasteiger partial charge in [0.05, 0.1) is 12.7 Å². The van der Waals surface area contributed by atoms with Crippen LogP contribution < -0.4 is 4.74 Å². The molecule has 0 spiro atoms. The maximum Gasteiger partial charge on any atom is 0.336 e. The van der Waals surface area contributed by atoms with E-state index in [2.05, 4.69) is 0 Å². The minimum atomic E-state index is -0.972. The van der Waals surface area contributed by atoms with E-state index in [1.54, 1.807) is 37.4 Å².